The van der Waals surface area contributed by atoms with Crippen molar-refractivity contribution in [1.82, 2.24) is 0 Å². The van der Waals surface area contributed by atoms with Gasteiger partial charge in [-0.15, -0.1) is 0 Å². The molecule has 0 heterocycles. The van der Waals surface area contributed by atoms with E-state index < -0.39 is 0 Å². The van der Waals surface area contributed by atoms with Crippen molar-refractivity contribution in [3.05, 3.63) is 90.0 Å². The van der Waals surface area contributed by atoms with Gasteiger partial charge in [0.25, 0.3) is 0 Å². The standard InChI is InChI=1S/C21H20N2/c1-22-20-11-7-6-10-19(20)21(23-2)18-14-12-17(13-15-18)16-8-4-3-5-9-16/h3-15,22H,1-2H3. The molecule has 2 heteroatoms. The van der Waals surface area contributed by atoms with E-state index in [0.717, 1.165) is 22.5 Å². The van der Waals surface area contributed by atoms with Crippen molar-refractivity contribution in [1.29, 1.82) is 0 Å². The molecule has 0 atom stereocenters. The minimum Gasteiger partial charge on any atom is -0.388 e. The van der Waals surface area contributed by atoms with Gasteiger partial charge in [-0.25, -0.2) is 0 Å². The normalized spacial score (nSPS) is 11.3. The number of hydrogen-bond acceptors (Lipinski definition) is 2. The minimum absolute atomic E-state index is 0.995. The molecule has 3 aromatic rings. The fourth-order valence-corrected chi connectivity index (χ4v) is 2.76. The van der Waals surface area contributed by atoms with Crippen LogP contribution in [0.25, 0.3) is 11.1 Å². The smallest absolute Gasteiger partial charge is 0.0736 e. The van der Waals surface area contributed by atoms with Gasteiger partial charge in [0.15, 0.2) is 0 Å². The first kappa shape index (κ1) is 15.0. The van der Waals surface area contributed by atoms with Crippen LogP contribution in [0.1, 0.15) is 11.1 Å². The number of anilines is 1. The molecule has 0 bridgehead atoms. The Labute approximate surface area is 137 Å². The second kappa shape index (κ2) is 6.93. The van der Waals surface area contributed by atoms with Gasteiger partial charge in [0.05, 0.1) is 5.71 Å². The van der Waals surface area contributed by atoms with Crippen LogP contribution in [0, 0.1) is 0 Å². The number of rotatable bonds is 4. The topological polar surface area (TPSA) is 24.4 Å². The Bertz CT molecular complexity index is 803. The van der Waals surface area contributed by atoms with Gasteiger partial charge in [-0.1, -0.05) is 72.8 Å². The summed E-state index contributed by atoms with van der Waals surface area (Å²) in [5.41, 5.74) is 6.76. The molecule has 0 aliphatic carbocycles. The Kier molecular flexibility index (Phi) is 4.53. The van der Waals surface area contributed by atoms with Gasteiger partial charge < -0.3 is 5.32 Å². The van der Waals surface area contributed by atoms with E-state index in [4.69, 9.17) is 0 Å². The summed E-state index contributed by atoms with van der Waals surface area (Å²) in [7, 11) is 3.78. The number of nitrogens with zero attached hydrogens (tertiary/aromatic N) is 1. The first-order valence-corrected chi connectivity index (χ1v) is 7.73. The maximum Gasteiger partial charge on any atom is 0.0736 e. The van der Waals surface area contributed by atoms with Crippen molar-refractivity contribution < 1.29 is 0 Å². The zero-order chi connectivity index (χ0) is 16.1. The van der Waals surface area contributed by atoms with Gasteiger partial charge in [0.2, 0.25) is 0 Å². The number of aliphatic imine (C=N–C) groups is 1. The lowest BCUT2D eigenvalue weighted by atomic mass is 9.97. The van der Waals surface area contributed by atoms with Crippen molar-refractivity contribution in [3.63, 3.8) is 0 Å². The number of benzene rings is 3. The van der Waals surface area contributed by atoms with Crippen LogP contribution >= 0.6 is 0 Å². The van der Waals surface area contributed by atoms with E-state index in [-0.39, 0.29) is 0 Å². The van der Waals surface area contributed by atoms with Gasteiger partial charge in [-0.05, 0) is 17.2 Å². The number of hydrogen-bond donors (Lipinski definition) is 1. The maximum absolute atomic E-state index is 4.52. The van der Waals surface area contributed by atoms with Crippen LogP contribution in [0.2, 0.25) is 0 Å². The fraction of sp³-hybridized carbons (Fsp3) is 0.0952. The Morgan fingerprint density at radius 1 is 0.739 bits per heavy atom. The quantitative estimate of drug-likeness (QED) is 0.683. The average molecular weight is 300 g/mol. The highest BCUT2D eigenvalue weighted by molar-refractivity contribution is 6.16. The van der Waals surface area contributed by atoms with E-state index >= 15 is 0 Å². The van der Waals surface area contributed by atoms with Crippen LogP contribution in [-0.2, 0) is 0 Å². The van der Waals surface area contributed by atoms with Crippen LogP contribution in [0.15, 0.2) is 83.9 Å². The molecule has 0 aromatic heterocycles. The van der Waals surface area contributed by atoms with Gasteiger partial charge in [-0.2, -0.15) is 0 Å². The predicted molar refractivity (Wildman–Crippen MR) is 99.4 cm³/mol. The number of para-hydroxylation sites is 1. The summed E-state index contributed by atoms with van der Waals surface area (Å²) in [4.78, 5) is 4.52. The third kappa shape index (κ3) is 3.16. The molecule has 2 nitrogen and oxygen atoms in total. The third-order valence-corrected chi connectivity index (χ3v) is 3.94. The van der Waals surface area contributed by atoms with Crippen LogP contribution in [0.3, 0.4) is 0 Å². The van der Waals surface area contributed by atoms with Crippen LogP contribution in [-0.4, -0.2) is 19.8 Å². The van der Waals surface area contributed by atoms with Crippen LogP contribution < -0.4 is 5.32 Å². The molecule has 3 rings (SSSR count). The molecule has 0 unspecified atom stereocenters. The summed E-state index contributed by atoms with van der Waals surface area (Å²) in [5, 5.41) is 3.24. The molecule has 0 saturated carbocycles. The van der Waals surface area contributed by atoms with Crippen molar-refractivity contribution in [2.45, 2.75) is 0 Å². The molecular formula is C21H20N2. The minimum atomic E-state index is 0.995. The lowest BCUT2D eigenvalue weighted by molar-refractivity contribution is 1.40. The first-order valence-electron chi connectivity index (χ1n) is 7.73. The summed E-state index contributed by atoms with van der Waals surface area (Å²) in [6, 6.07) is 27.2. The molecule has 1 N–H and O–H groups in total. The Morgan fingerprint density at radius 2 is 1.35 bits per heavy atom. The third-order valence-electron chi connectivity index (χ3n) is 3.94. The summed E-state index contributed by atoms with van der Waals surface area (Å²) >= 11 is 0. The lowest BCUT2D eigenvalue weighted by Crippen LogP contribution is -2.06. The zero-order valence-electron chi connectivity index (χ0n) is 13.5. The second-order valence-corrected chi connectivity index (χ2v) is 5.31. The van der Waals surface area contributed by atoms with E-state index in [9.17, 15) is 0 Å². The van der Waals surface area contributed by atoms with Gasteiger partial charge in [0, 0.05) is 30.9 Å². The Morgan fingerprint density at radius 3 is 2.00 bits per heavy atom. The highest BCUT2D eigenvalue weighted by Crippen LogP contribution is 2.23. The molecule has 0 aliphatic heterocycles. The van der Waals surface area contributed by atoms with E-state index in [1.165, 1.54) is 11.1 Å². The average Bonchev–Trinajstić information content (AvgIpc) is 2.64. The van der Waals surface area contributed by atoms with Crippen molar-refractivity contribution in [2.24, 2.45) is 4.99 Å². The van der Waals surface area contributed by atoms with E-state index in [1.807, 2.05) is 32.3 Å². The maximum atomic E-state index is 4.52. The van der Waals surface area contributed by atoms with E-state index in [1.54, 1.807) is 0 Å². The van der Waals surface area contributed by atoms with Gasteiger partial charge in [0.1, 0.15) is 0 Å². The van der Waals surface area contributed by atoms with Crippen LogP contribution in [0.5, 0.6) is 0 Å². The molecule has 0 spiro atoms. The lowest BCUT2D eigenvalue weighted by Gasteiger charge is -2.12. The Balaban J connectivity index is 1.97. The zero-order valence-corrected chi connectivity index (χ0v) is 13.5. The monoisotopic (exact) mass is 300 g/mol. The molecule has 0 saturated heterocycles. The first-order chi connectivity index (χ1) is 11.3. The highest BCUT2D eigenvalue weighted by atomic mass is 14.8. The predicted octanol–water partition coefficient (Wildman–Crippen LogP) is 4.86. The van der Waals surface area contributed by atoms with E-state index in [2.05, 4.69) is 71.0 Å². The number of nitrogens with one attached hydrogen (secondary N) is 1. The molecule has 23 heavy (non-hydrogen) atoms. The summed E-state index contributed by atoms with van der Waals surface area (Å²) < 4.78 is 0. The molecule has 114 valence electrons. The Hall–Kier alpha value is -2.87. The van der Waals surface area contributed by atoms with Crippen molar-refractivity contribution in [3.8, 4) is 11.1 Å². The molecule has 0 fully saturated rings. The summed E-state index contributed by atoms with van der Waals surface area (Å²) in [6.07, 6.45) is 0. The highest BCUT2D eigenvalue weighted by Gasteiger charge is 2.10. The second-order valence-electron chi connectivity index (χ2n) is 5.31. The van der Waals surface area contributed by atoms with Crippen molar-refractivity contribution >= 4 is 11.4 Å². The van der Waals surface area contributed by atoms with Crippen molar-refractivity contribution in [2.75, 3.05) is 19.4 Å². The fourth-order valence-electron chi connectivity index (χ4n) is 2.76. The molecule has 0 radical (unpaired) electrons. The summed E-state index contributed by atoms with van der Waals surface area (Å²) in [5.74, 6) is 0. The SMILES string of the molecule is CN=C(c1ccc(-c2ccccc2)cc1)c1ccccc1NC. The molecular weight excluding hydrogens is 280 g/mol. The van der Waals surface area contributed by atoms with Gasteiger partial charge >= 0.3 is 0 Å². The summed E-state index contributed by atoms with van der Waals surface area (Å²) in [6.45, 7) is 0. The van der Waals surface area contributed by atoms with Crippen LogP contribution in [0.4, 0.5) is 5.69 Å². The molecule has 0 amide bonds. The molecule has 0 aliphatic rings. The molecule has 3 aromatic carbocycles. The largest absolute Gasteiger partial charge is 0.388 e. The van der Waals surface area contributed by atoms with E-state index in [0.29, 0.717) is 0 Å². The van der Waals surface area contributed by atoms with Gasteiger partial charge in [-0.3, -0.25) is 4.99 Å².